The summed E-state index contributed by atoms with van der Waals surface area (Å²) in [5, 5.41) is 11.3. The average molecular weight is 413 g/mol. The first-order valence-electron chi connectivity index (χ1n) is 11.0. The largest absolute Gasteiger partial charge is 0.356 e. The van der Waals surface area contributed by atoms with Crippen LogP contribution >= 0.6 is 0 Å². The van der Waals surface area contributed by atoms with Gasteiger partial charge in [-0.3, -0.25) is 9.67 Å². The minimum atomic E-state index is 0.724. The summed E-state index contributed by atoms with van der Waals surface area (Å²) >= 11 is 0. The molecule has 0 spiro atoms. The van der Waals surface area contributed by atoms with Gasteiger partial charge in [0.05, 0.1) is 5.69 Å². The van der Waals surface area contributed by atoms with Crippen LogP contribution < -0.4 is 15.5 Å². The number of nitrogens with one attached hydrogen (secondary N) is 2. The highest BCUT2D eigenvalue weighted by atomic mass is 15.3. The number of aromatic nitrogens is 3. The maximum atomic E-state index is 4.58. The van der Waals surface area contributed by atoms with E-state index in [2.05, 4.69) is 72.2 Å². The van der Waals surface area contributed by atoms with Crippen LogP contribution in [0.4, 0.5) is 5.82 Å². The van der Waals surface area contributed by atoms with Crippen LogP contribution in [0.1, 0.15) is 30.3 Å². The molecule has 2 aromatic rings. The number of likely N-dealkylation sites (N-methyl/N-ethyl adjacent to an activating group) is 1. The molecule has 8 heteroatoms. The third-order valence-corrected chi connectivity index (χ3v) is 5.58. The zero-order chi connectivity index (χ0) is 21.3. The number of pyridine rings is 1. The van der Waals surface area contributed by atoms with Gasteiger partial charge >= 0.3 is 0 Å². The molecule has 1 aliphatic heterocycles. The Balaban J connectivity index is 1.43. The Morgan fingerprint density at radius 1 is 1.13 bits per heavy atom. The molecule has 0 radical (unpaired) electrons. The molecular formula is C22H36N8. The standard InChI is InChI=1S/C22H36N8/c1-5-28-11-13-29(14-12-28)21-16-20(7-9-24-21)17-26-22(23-4)25-8-6-10-30-19(3)15-18(2)27-30/h7,9,15-16H,5-6,8,10-14,17H2,1-4H3,(H2,23,25,26). The van der Waals surface area contributed by atoms with E-state index in [1.54, 1.807) is 0 Å². The molecule has 0 saturated carbocycles. The van der Waals surface area contributed by atoms with E-state index in [-0.39, 0.29) is 0 Å². The van der Waals surface area contributed by atoms with Gasteiger partial charge in [0, 0.05) is 64.8 Å². The SMILES string of the molecule is CCN1CCN(c2cc(CNC(=NC)NCCCn3nc(C)cc3C)ccn2)CC1. The van der Waals surface area contributed by atoms with Crippen molar-refractivity contribution in [3.05, 3.63) is 41.3 Å². The maximum Gasteiger partial charge on any atom is 0.191 e. The van der Waals surface area contributed by atoms with E-state index in [0.29, 0.717) is 0 Å². The molecular weight excluding hydrogens is 376 g/mol. The third-order valence-electron chi connectivity index (χ3n) is 5.58. The van der Waals surface area contributed by atoms with E-state index in [0.717, 1.165) is 76.3 Å². The fourth-order valence-electron chi connectivity index (χ4n) is 3.78. The zero-order valence-corrected chi connectivity index (χ0v) is 18.9. The molecule has 1 saturated heterocycles. The Morgan fingerprint density at radius 2 is 1.93 bits per heavy atom. The monoisotopic (exact) mass is 412 g/mol. The van der Waals surface area contributed by atoms with Crippen molar-refractivity contribution in [3.8, 4) is 0 Å². The Morgan fingerprint density at radius 3 is 2.60 bits per heavy atom. The zero-order valence-electron chi connectivity index (χ0n) is 18.9. The second-order valence-electron chi connectivity index (χ2n) is 7.80. The molecule has 1 aliphatic rings. The lowest BCUT2D eigenvalue weighted by Crippen LogP contribution is -2.46. The Hall–Kier alpha value is -2.61. The lowest BCUT2D eigenvalue weighted by molar-refractivity contribution is 0.270. The minimum absolute atomic E-state index is 0.724. The molecule has 0 amide bonds. The molecule has 0 aromatic carbocycles. The van der Waals surface area contributed by atoms with Crippen molar-refractivity contribution in [1.29, 1.82) is 0 Å². The summed E-state index contributed by atoms with van der Waals surface area (Å²) in [6.07, 6.45) is 2.90. The number of hydrogen-bond donors (Lipinski definition) is 2. The highest BCUT2D eigenvalue weighted by Crippen LogP contribution is 2.15. The van der Waals surface area contributed by atoms with E-state index in [4.69, 9.17) is 0 Å². The van der Waals surface area contributed by atoms with Crippen LogP contribution in [0.15, 0.2) is 29.4 Å². The summed E-state index contributed by atoms with van der Waals surface area (Å²) < 4.78 is 2.06. The normalized spacial score (nSPS) is 15.5. The smallest absolute Gasteiger partial charge is 0.191 e. The number of piperazine rings is 1. The molecule has 2 aromatic heterocycles. The van der Waals surface area contributed by atoms with Crippen molar-refractivity contribution in [2.75, 3.05) is 51.2 Å². The van der Waals surface area contributed by atoms with E-state index in [1.165, 1.54) is 11.3 Å². The topological polar surface area (TPSA) is 73.6 Å². The minimum Gasteiger partial charge on any atom is -0.356 e. The molecule has 30 heavy (non-hydrogen) atoms. The van der Waals surface area contributed by atoms with Gasteiger partial charge in [-0.2, -0.15) is 5.10 Å². The third kappa shape index (κ3) is 6.19. The first-order chi connectivity index (χ1) is 14.6. The fourth-order valence-corrected chi connectivity index (χ4v) is 3.78. The van der Waals surface area contributed by atoms with E-state index < -0.39 is 0 Å². The number of rotatable bonds is 8. The lowest BCUT2D eigenvalue weighted by Gasteiger charge is -2.34. The number of aryl methyl sites for hydroxylation is 3. The Labute approximate surface area is 180 Å². The van der Waals surface area contributed by atoms with Crippen LogP contribution in [-0.2, 0) is 13.1 Å². The summed E-state index contributed by atoms with van der Waals surface area (Å²) in [6, 6.07) is 6.36. The predicted molar refractivity (Wildman–Crippen MR) is 123 cm³/mol. The molecule has 0 bridgehead atoms. The van der Waals surface area contributed by atoms with Crippen molar-refractivity contribution >= 4 is 11.8 Å². The molecule has 3 heterocycles. The van der Waals surface area contributed by atoms with Crippen molar-refractivity contribution in [1.82, 2.24) is 30.3 Å². The first-order valence-corrected chi connectivity index (χ1v) is 11.0. The van der Waals surface area contributed by atoms with Crippen LogP contribution in [0.2, 0.25) is 0 Å². The molecule has 1 fully saturated rings. The van der Waals surface area contributed by atoms with Crippen molar-refractivity contribution < 1.29 is 0 Å². The second-order valence-corrected chi connectivity index (χ2v) is 7.80. The van der Waals surface area contributed by atoms with Crippen LogP contribution in [0.5, 0.6) is 0 Å². The summed E-state index contributed by atoms with van der Waals surface area (Å²) in [7, 11) is 1.81. The Kier molecular flexibility index (Phi) is 8.07. The summed E-state index contributed by atoms with van der Waals surface area (Å²) in [5.74, 6) is 1.89. The van der Waals surface area contributed by atoms with Gasteiger partial charge in [0.25, 0.3) is 0 Å². The van der Waals surface area contributed by atoms with Gasteiger partial charge < -0.3 is 20.4 Å². The predicted octanol–water partition coefficient (Wildman–Crippen LogP) is 1.79. The number of hydrogen-bond acceptors (Lipinski definition) is 5. The van der Waals surface area contributed by atoms with E-state index in [9.17, 15) is 0 Å². The van der Waals surface area contributed by atoms with Crippen molar-refractivity contribution in [3.63, 3.8) is 0 Å². The average Bonchev–Trinajstić information content (AvgIpc) is 3.10. The van der Waals surface area contributed by atoms with Crippen LogP contribution in [0, 0.1) is 13.8 Å². The van der Waals surface area contributed by atoms with Gasteiger partial charge in [-0.05, 0) is 50.6 Å². The number of nitrogens with zero attached hydrogens (tertiary/aromatic N) is 6. The molecule has 8 nitrogen and oxygen atoms in total. The quantitative estimate of drug-likeness (QED) is 0.391. The van der Waals surface area contributed by atoms with Gasteiger partial charge in [-0.1, -0.05) is 6.92 Å². The molecule has 0 aliphatic carbocycles. The van der Waals surface area contributed by atoms with E-state index >= 15 is 0 Å². The van der Waals surface area contributed by atoms with Gasteiger partial charge in [-0.15, -0.1) is 0 Å². The van der Waals surface area contributed by atoms with Crippen molar-refractivity contribution in [2.45, 2.75) is 40.3 Å². The van der Waals surface area contributed by atoms with Crippen LogP contribution in [-0.4, -0.2) is 71.9 Å². The molecule has 0 unspecified atom stereocenters. The van der Waals surface area contributed by atoms with Gasteiger partial charge in [-0.25, -0.2) is 4.98 Å². The summed E-state index contributed by atoms with van der Waals surface area (Å²) in [6.45, 7) is 14.2. The van der Waals surface area contributed by atoms with Gasteiger partial charge in [0.15, 0.2) is 5.96 Å². The highest BCUT2D eigenvalue weighted by molar-refractivity contribution is 5.79. The maximum absolute atomic E-state index is 4.58. The second kappa shape index (κ2) is 11.0. The molecule has 164 valence electrons. The molecule has 0 atom stereocenters. The highest BCUT2D eigenvalue weighted by Gasteiger charge is 2.16. The Bertz CT molecular complexity index is 820. The van der Waals surface area contributed by atoms with Gasteiger partial charge in [0.1, 0.15) is 5.82 Å². The van der Waals surface area contributed by atoms with Crippen LogP contribution in [0.3, 0.4) is 0 Å². The molecule has 2 N–H and O–H groups in total. The number of guanidine groups is 1. The van der Waals surface area contributed by atoms with Crippen LogP contribution in [0.25, 0.3) is 0 Å². The summed E-state index contributed by atoms with van der Waals surface area (Å²) in [5.41, 5.74) is 3.49. The fraction of sp³-hybridized carbons (Fsp3) is 0.591. The molecule has 3 rings (SSSR count). The van der Waals surface area contributed by atoms with Crippen molar-refractivity contribution in [2.24, 2.45) is 4.99 Å². The number of aliphatic imine (C=N–C) groups is 1. The summed E-state index contributed by atoms with van der Waals surface area (Å²) in [4.78, 5) is 13.8. The number of anilines is 1. The lowest BCUT2D eigenvalue weighted by atomic mass is 10.2. The van der Waals surface area contributed by atoms with E-state index in [1.807, 2.05) is 20.2 Å². The first kappa shape index (κ1) is 22.1. The van der Waals surface area contributed by atoms with Gasteiger partial charge in [0.2, 0.25) is 0 Å².